The number of amides is 1. The fourth-order valence-corrected chi connectivity index (χ4v) is 4.24. The van der Waals surface area contributed by atoms with Gasteiger partial charge in [0.1, 0.15) is 0 Å². The van der Waals surface area contributed by atoms with Gasteiger partial charge in [-0.25, -0.2) is 0 Å². The van der Waals surface area contributed by atoms with Crippen LogP contribution in [0.15, 0.2) is 30.3 Å². The summed E-state index contributed by atoms with van der Waals surface area (Å²) in [5.74, 6) is 0.252. The summed E-state index contributed by atoms with van der Waals surface area (Å²) in [5, 5.41) is 10.2. The number of hydrogen-bond acceptors (Lipinski definition) is 3. The summed E-state index contributed by atoms with van der Waals surface area (Å²) < 4.78 is 5.79. The van der Waals surface area contributed by atoms with Crippen LogP contribution in [0.1, 0.15) is 44.6 Å². The summed E-state index contributed by atoms with van der Waals surface area (Å²) in [6.45, 7) is 4.21. The van der Waals surface area contributed by atoms with Gasteiger partial charge in [-0.3, -0.25) is 4.79 Å². The van der Waals surface area contributed by atoms with Crippen molar-refractivity contribution in [1.82, 2.24) is 4.90 Å². The third-order valence-electron chi connectivity index (χ3n) is 5.86. The van der Waals surface area contributed by atoms with Crippen molar-refractivity contribution in [2.75, 3.05) is 19.7 Å². The molecule has 1 saturated carbocycles. The van der Waals surface area contributed by atoms with Gasteiger partial charge in [0.15, 0.2) is 0 Å². The maximum Gasteiger partial charge on any atom is 0.222 e. The van der Waals surface area contributed by atoms with E-state index in [4.69, 9.17) is 4.74 Å². The van der Waals surface area contributed by atoms with Gasteiger partial charge in [-0.15, -0.1) is 0 Å². The predicted octanol–water partition coefficient (Wildman–Crippen LogP) is 2.79. The van der Waals surface area contributed by atoms with Crippen molar-refractivity contribution in [3.63, 3.8) is 0 Å². The Labute approximate surface area is 144 Å². The molecular formula is C20H29NO3. The lowest BCUT2D eigenvalue weighted by molar-refractivity contribution is -0.210. The number of rotatable bonds is 6. The molecule has 2 aliphatic rings. The molecule has 1 N–H and O–H groups in total. The van der Waals surface area contributed by atoms with Gasteiger partial charge in [0.25, 0.3) is 0 Å². The average Bonchev–Trinajstić information content (AvgIpc) is 2.62. The number of likely N-dealkylation sites (tertiary alicyclic amines) is 1. The molecule has 1 aromatic rings. The number of aliphatic hydroxyl groups is 1. The Balaban J connectivity index is 1.43. The standard InChI is InChI=1S/C20H29NO3/c1-2-24-18-15-17(22)20(18)11-13-21(14-12-20)19(23)10-6-9-16-7-4-3-5-8-16/h3-5,7-8,17-18,22H,2,6,9-15H2,1H3/t17-,18+/m0/s1. The first-order valence-corrected chi connectivity index (χ1v) is 9.27. The molecule has 4 nitrogen and oxygen atoms in total. The van der Waals surface area contributed by atoms with Crippen molar-refractivity contribution >= 4 is 5.91 Å². The zero-order valence-electron chi connectivity index (χ0n) is 14.6. The number of aliphatic hydroxyl groups excluding tert-OH is 1. The zero-order chi connectivity index (χ0) is 17.0. The minimum atomic E-state index is -0.260. The SMILES string of the molecule is CCO[C@@H]1C[C@H](O)C12CCN(C(=O)CCCc1ccccc1)CC2. The number of ether oxygens (including phenoxy) is 1. The van der Waals surface area contributed by atoms with Crippen LogP contribution < -0.4 is 0 Å². The molecule has 3 rings (SSSR count). The molecule has 24 heavy (non-hydrogen) atoms. The topological polar surface area (TPSA) is 49.8 Å². The van der Waals surface area contributed by atoms with Gasteiger partial charge >= 0.3 is 0 Å². The van der Waals surface area contributed by atoms with E-state index in [-0.39, 0.29) is 23.5 Å². The number of benzene rings is 1. The number of aryl methyl sites for hydroxylation is 1. The Bertz CT molecular complexity index is 535. The summed E-state index contributed by atoms with van der Waals surface area (Å²) in [6.07, 6.45) is 4.85. The summed E-state index contributed by atoms with van der Waals surface area (Å²) in [5.41, 5.74) is 1.19. The predicted molar refractivity (Wildman–Crippen MR) is 93.7 cm³/mol. The second-order valence-electron chi connectivity index (χ2n) is 7.15. The lowest BCUT2D eigenvalue weighted by Gasteiger charge is -2.56. The number of hydrogen-bond donors (Lipinski definition) is 1. The maximum absolute atomic E-state index is 12.4. The van der Waals surface area contributed by atoms with Gasteiger partial charge in [-0.05, 0) is 38.2 Å². The second kappa shape index (κ2) is 7.66. The second-order valence-corrected chi connectivity index (χ2v) is 7.15. The smallest absolute Gasteiger partial charge is 0.222 e. The van der Waals surface area contributed by atoms with Crippen molar-refractivity contribution in [3.8, 4) is 0 Å². The molecule has 2 fully saturated rings. The van der Waals surface area contributed by atoms with Gasteiger partial charge in [-0.1, -0.05) is 30.3 Å². The lowest BCUT2D eigenvalue weighted by Crippen LogP contribution is -2.62. The van der Waals surface area contributed by atoms with Crippen LogP contribution >= 0.6 is 0 Å². The molecule has 132 valence electrons. The first-order valence-electron chi connectivity index (χ1n) is 9.27. The molecule has 0 radical (unpaired) electrons. The molecule has 2 atom stereocenters. The molecular weight excluding hydrogens is 302 g/mol. The first-order chi connectivity index (χ1) is 11.7. The Morgan fingerprint density at radius 3 is 2.62 bits per heavy atom. The van der Waals surface area contributed by atoms with Crippen LogP contribution in [0.4, 0.5) is 0 Å². The summed E-state index contributed by atoms with van der Waals surface area (Å²) >= 11 is 0. The van der Waals surface area contributed by atoms with Crippen molar-refractivity contribution < 1.29 is 14.6 Å². The highest BCUT2D eigenvalue weighted by atomic mass is 16.5. The third-order valence-corrected chi connectivity index (χ3v) is 5.86. The lowest BCUT2D eigenvalue weighted by atomic mass is 9.58. The minimum absolute atomic E-state index is 0.100. The van der Waals surface area contributed by atoms with Crippen LogP contribution in [-0.2, 0) is 16.0 Å². The zero-order valence-corrected chi connectivity index (χ0v) is 14.6. The normalized spacial score (nSPS) is 25.5. The molecule has 1 aliphatic heterocycles. The fraction of sp³-hybridized carbons (Fsp3) is 0.650. The molecule has 1 amide bonds. The van der Waals surface area contributed by atoms with Crippen molar-refractivity contribution in [3.05, 3.63) is 35.9 Å². The number of carbonyl (C=O) groups excluding carboxylic acids is 1. The Morgan fingerprint density at radius 1 is 1.29 bits per heavy atom. The highest BCUT2D eigenvalue weighted by Crippen LogP contribution is 2.50. The van der Waals surface area contributed by atoms with Crippen LogP contribution in [0.5, 0.6) is 0 Å². The van der Waals surface area contributed by atoms with Crippen molar-refractivity contribution in [1.29, 1.82) is 0 Å². The summed E-state index contributed by atoms with van der Waals surface area (Å²) in [4.78, 5) is 14.4. The van der Waals surface area contributed by atoms with Gasteiger partial charge in [-0.2, -0.15) is 0 Å². The highest BCUT2D eigenvalue weighted by molar-refractivity contribution is 5.76. The molecule has 1 spiro atoms. The molecule has 1 aromatic carbocycles. The van der Waals surface area contributed by atoms with Crippen LogP contribution in [0.2, 0.25) is 0 Å². The van der Waals surface area contributed by atoms with Gasteiger partial charge in [0.2, 0.25) is 5.91 Å². The third kappa shape index (κ3) is 3.50. The van der Waals surface area contributed by atoms with Crippen LogP contribution in [-0.4, -0.2) is 47.8 Å². The summed E-state index contributed by atoms with van der Waals surface area (Å²) in [6, 6.07) is 10.3. The van der Waals surface area contributed by atoms with Crippen LogP contribution in [0, 0.1) is 5.41 Å². The monoisotopic (exact) mass is 331 g/mol. The highest BCUT2D eigenvalue weighted by Gasteiger charge is 2.56. The largest absolute Gasteiger partial charge is 0.392 e. The van der Waals surface area contributed by atoms with Crippen LogP contribution in [0.25, 0.3) is 0 Å². The Kier molecular flexibility index (Phi) is 5.57. The van der Waals surface area contributed by atoms with E-state index in [1.165, 1.54) is 5.56 Å². The van der Waals surface area contributed by atoms with Crippen LogP contribution in [0.3, 0.4) is 0 Å². The minimum Gasteiger partial charge on any atom is -0.392 e. The van der Waals surface area contributed by atoms with Crippen molar-refractivity contribution in [2.45, 2.75) is 57.7 Å². The van der Waals surface area contributed by atoms with Gasteiger partial charge in [0, 0.05) is 38.0 Å². The molecule has 0 unspecified atom stereocenters. The number of carbonyl (C=O) groups is 1. The molecule has 0 aromatic heterocycles. The van der Waals surface area contributed by atoms with Gasteiger partial charge < -0.3 is 14.7 Å². The van der Waals surface area contributed by atoms with E-state index in [1.54, 1.807) is 0 Å². The van der Waals surface area contributed by atoms with Gasteiger partial charge in [0.05, 0.1) is 12.2 Å². The molecule has 1 aliphatic carbocycles. The molecule has 0 bridgehead atoms. The molecule has 4 heteroatoms. The van der Waals surface area contributed by atoms with E-state index < -0.39 is 0 Å². The Morgan fingerprint density at radius 2 is 2.00 bits per heavy atom. The fourth-order valence-electron chi connectivity index (χ4n) is 4.24. The maximum atomic E-state index is 12.4. The molecule has 1 heterocycles. The summed E-state index contributed by atoms with van der Waals surface area (Å²) in [7, 11) is 0. The van der Waals surface area contributed by atoms with E-state index in [9.17, 15) is 9.90 Å². The quantitative estimate of drug-likeness (QED) is 0.872. The number of piperidine rings is 1. The van der Waals surface area contributed by atoms with E-state index in [1.807, 2.05) is 30.0 Å². The van der Waals surface area contributed by atoms with E-state index in [0.717, 1.165) is 45.2 Å². The average molecular weight is 331 g/mol. The molecule has 1 saturated heterocycles. The van der Waals surface area contributed by atoms with E-state index >= 15 is 0 Å². The Hall–Kier alpha value is -1.39. The first kappa shape index (κ1) is 17.4. The van der Waals surface area contributed by atoms with E-state index in [0.29, 0.717) is 13.0 Å². The number of nitrogens with zero attached hydrogens (tertiary/aromatic N) is 1. The van der Waals surface area contributed by atoms with E-state index in [2.05, 4.69) is 12.1 Å². The van der Waals surface area contributed by atoms with Crippen molar-refractivity contribution in [2.24, 2.45) is 5.41 Å².